The van der Waals surface area contributed by atoms with E-state index in [1.54, 1.807) is 53.4 Å². The van der Waals surface area contributed by atoms with Gasteiger partial charge in [-0.15, -0.1) is 11.8 Å². The van der Waals surface area contributed by atoms with E-state index in [4.69, 9.17) is 10.8 Å². The number of nitrogens with two attached hydrogens (primary N) is 1. The fourth-order valence-electron chi connectivity index (χ4n) is 6.69. The highest BCUT2D eigenvalue weighted by Crippen LogP contribution is 2.33. The third-order valence-corrected chi connectivity index (χ3v) is 10.5. The van der Waals surface area contributed by atoms with Gasteiger partial charge >= 0.3 is 5.97 Å². The first kappa shape index (κ1) is 36.4. The lowest BCUT2D eigenvalue weighted by Gasteiger charge is -2.29. The molecule has 4 N–H and O–H groups in total. The van der Waals surface area contributed by atoms with Gasteiger partial charge in [-0.2, -0.15) is 0 Å². The van der Waals surface area contributed by atoms with E-state index in [2.05, 4.69) is 39.5 Å². The quantitative estimate of drug-likeness (QED) is 0.124. The molecule has 0 saturated carbocycles. The molecule has 1 aliphatic carbocycles. The minimum atomic E-state index is -0.864. The Hall–Kier alpha value is -5.41. The predicted octanol–water partition coefficient (Wildman–Crippen LogP) is 8.57. The molecule has 4 aromatic carbocycles. The molecule has 0 spiro atoms. The maximum atomic E-state index is 13.5. The van der Waals surface area contributed by atoms with E-state index >= 15 is 0 Å². The van der Waals surface area contributed by atoms with Crippen molar-refractivity contribution in [3.63, 3.8) is 0 Å². The Bertz CT molecular complexity index is 2020. The van der Waals surface area contributed by atoms with Crippen LogP contribution in [0, 0.1) is 0 Å². The van der Waals surface area contributed by atoms with Crippen LogP contribution in [0.15, 0.2) is 114 Å². The van der Waals surface area contributed by atoms with Gasteiger partial charge in [-0.3, -0.25) is 19.4 Å². The molecule has 8 nitrogen and oxygen atoms in total. The van der Waals surface area contributed by atoms with Gasteiger partial charge in [-0.05, 0) is 122 Å². The highest BCUT2D eigenvalue weighted by molar-refractivity contribution is 7.98. The monoisotopic (exact) mass is 712 g/mol. The van der Waals surface area contributed by atoms with Gasteiger partial charge in [-0.1, -0.05) is 48.5 Å². The van der Waals surface area contributed by atoms with Crippen LogP contribution in [0.4, 0.5) is 11.4 Å². The normalized spacial score (nSPS) is 13.7. The number of primary amides is 1. The summed E-state index contributed by atoms with van der Waals surface area (Å²) < 4.78 is 0. The van der Waals surface area contributed by atoms with Crippen LogP contribution in [0.1, 0.15) is 75.1 Å². The van der Waals surface area contributed by atoms with Crippen LogP contribution in [-0.4, -0.2) is 41.0 Å². The number of rotatable bonds is 10. The highest BCUT2D eigenvalue weighted by atomic mass is 32.2. The van der Waals surface area contributed by atoms with E-state index in [0.29, 0.717) is 33.8 Å². The number of benzene rings is 4. The van der Waals surface area contributed by atoms with Crippen molar-refractivity contribution in [2.75, 3.05) is 23.3 Å². The molecule has 0 unspecified atom stereocenters. The van der Waals surface area contributed by atoms with E-state index in [1.165, 1.54) is 32.1 Å². The van der Waals surface area contributed by atoms with Gasteiger partial charge in [0.1, 0.15) is 0 Å². The van der Waals surface area contributed by atoms with Crippen LogP contribution in [0.2, 0.25) is 0 Å². The van der Waals surface area contributed by atoms with Crippen molar-refractivity contribution in [3.05, 3.63) is 143 Å². The number of hydrogen-bond donors (Lipinski definition) is 3. The van der Waals surface area contributed by atoms with Gasteiger partial charge in [0, 0.05) is 52.3 Å². The summed E-state index contributed by atoms with van der Waals surface area (Å²) in [5.41, 5.74) is 14.2. The second-order valence-electron chi connectivity index (χ2n) is 13.2. The lowest BCUT2D eigenvalue weighted by atomic mass is 9.92. The average molecular weight is 713 g/mol. The molecule has 1 aromatic heterocycles. The fourth-order valence-corrected chi connectivity index (χ4v) is 7.61. The van der Waals surface area contributed by atoms with Gasteiger partial charge in [0.05, 0.1) is 17.8 Å². The summed E-state index contributed by atoms with van der Waals surface area (Å²) in [6.45, 7) is 1.93. The van der Waals surface area contributed by atoms with E-state index < -0.39 is 11.9 Å². The third-order valence-electron chi connectivity index (χ3n) is 9.40. The Morgan fingerprint density at radius 3 is 2.21 bits per heavy atom. The molecule has 9 heteroatoms. The zero-order valence-electron chi connectivity index (χ0n) is 29.2. The largest absolute Gasteiger partial charge is 0.481 e. The van der Waals surface area contributed by atoms with Crippen molar-refractivity contribution in [1.82, 2.24) is 4.98 Å². The number of carboxylic acids is 1. The number of anilines is 2. The zero-order valence-corrected chi connectivity index (χ0v) is 30.0. The molecule has 2 aliphatic rings. The van der Waals surface area contributed by atoms with Crippen LogP contribution in [0.25, 0.3) is 11.3 Å². The number of nitrogens with zero attached hydrogens (tertiary/aromatic N) is 2. The summed E-state index contributed by atoms with van der Waals surface area (Å²) in [4.78, 5) is 44.2. The molecule has 1 fully saturated rings. The number of carboxylic acid groups (broad SMARTS) is 1. The molecule has 0 radical (unpaired) electrons. The number of fused-ring (bicyclic) bond motifs is 1. The van der Waals surface area contributed by atoms with Crippen LogP contribution in [0.5, 0.6) is 0 Å². The first-order valence-electron chi connectivity index (χ1n) is 17.9. The van der Waals surface area contributed by atoms with E-state index in [-0.39, 0.29) is 12.3 Å². The number of amides is 2. The Kier molecular flexibility index (Phi) is 12.4. The summed E-state index contributed by atoms with van der Waals surface area (Å²) in [5.74, 6) is -1.04. The topological polar surface area (TPSA) is 126 Å². The number of aliphatic carboxylic acids is 1. The van der Waals surface area contributed by atoms with Gasteiger partial charge in [0.15, 0.2) is 0 Å². The Labute approximate surface area is 309 Å². The molecule has 7 rings (SSSR count). The fraction of sp³-hybridized carbons (Fsp3) is 0.256. The number of thioether (sulfide) groups is 1. The van der Waals surface area contributed by atoms with Crippen molar-refractivity contribution < 1.29 is 19.5 Å². The van der Waals surface area contributed by atoms with Crippen molar-refractivity contribution >= 4 is 40.9 Å². The van der Waals surface area contributed by atoms with Crippen molar-refractivity contribution in [1.29, 1.82) is 0 Å². The number of nitrogens with one attached hydrogen (secondary N) is 1. The maximum Gasteiger partial charge on any atom is 0.307 e. The summed E-state index contributed by atoms with van der Waals surface area (Å²) in [6, 6.07) is 32.9. The Balaban J connectivity index is 0.000000396. The SMILES string of the molecule is NC(=O)c1ccnc(-c2cc(N3CCCCC3)ccc2NC(=O)c2cccc(CSc3cccc(CC(=O)O)c3)c2)c1.c1ccc2c(c1)CCCC2. The number of piperidine rings is 1. The lowest BCUT2D eigenvalue weighted by molar-refractivity contribution is -0.136. The van der Waals surface area contributed by atoms with Gasteiger partial charge in [0.25, 0.3) is 5.91 Å². The molecule has 266 valence electrons. The predicted molar refractivity (Wildman–Crippen MR) is 209 cm³/mol. The Morgan fingerprint density at radius 1 is 0.750 bits per heavy atom. The zero-order chi connectivity index (χ0) is 36.3. The van der Waals surface area contributed by atoms with Gasteiger partial charge in [0.2, 0.25) is 5.91 Å². The average Bonchev–Trinajstić information content (AvgIpc) is 3.18. The molecule has 2 heterocycles. The summed E-state index contributed by atoms with van der Waals surface area (Å²) >= 11 is 1.58. The number of aromatic nitrogens is 1. The van der Waals surface area contributed by atoms with Gasteiger partial charge in [-0.25, -0.2) is 0 Å². The molecule has 2 amide bonds. The number of hydrogen-bond acceptors (Lipinski definition) is 6. The maximum absolute atomic E-state index is 13.5. The van der Waals surface area contributed by atoms with Crippen LogP contribution in [0.3, 0.4) is 0 Å². The molecular formula is C43H44N4O4S. The number of carbonyl (C=O) groups is 3. The van der Waals surface area contributed by atoms with Crippen LogP contribution in [-0.2, 0) is 29.8 Å². The van der Waals surface area contributed by atoms with E-state index in [0.717, 1.165) is 47.6 Å². The molecular weight excluding hydrogens is 669 g/mol. The first-order chi connectivity index (χ1) is 25.3. The summed E-state index contributed by atoms with van der Waals surface area (Å²) in [6.07, 6.45) is 10.4. The summed E-state index contributed by atoms with van der Waals surface area (Å²) in [5, 5.41) is 12.1. The highest BCUT2D eigenvalue weighted by Gasteiger charge is 2.18. The molecule has 0 bridgehead atoms. The molecule has 0 atom stereocenters. The van der Waals surface area contributed by atoms with Crippen LogP contribution < -0.4 is 16.0 Å². The molecule has 1 saturated heterocycles. The number of carbonyl (C=O) groups excluding carboxylic acids is 2. The van der Waals surface area contributed by atoms with E-state index in [9.17, 15) is 14.4 Å². The first-order valence-corrected chi connectivity index (χ1v) is 18.9. The number of pyridine rings is 1. The number of aryl methyl sites for hydroxylation is 2. The van der Waals surface area contributed by atoms with E-state index in [1.807, 2.05) is 54.6 Å². The van der Waals surface area contributed by atoms with Crippen molar-refractivity contribution in [3.8, 4) is 11.3 Å². The smallest absolute Gasteiger partial charge is 0.307 e. The minimum Gasteiger partial charge on any atom is -0.481 e. The lowest BCUT2D eigenvalue weighted by Crippen LogP contribution is -2.29. The molecule has 5 aromatic rings. The third kappa shape index (κ3) is 9.88. The summed E-state index contributed by atoms with van der Waals surface area (Å²) in [7, 11) is 0. The van der Waals surface area contributed by atoms with Crippen molar-refractivity contribution in [2.45, 2.75) is 62.0 Å². The molecule has 52 heavy (non-hydrogen) atoms. The van der Waals surface area contributed by atoms with Crippen molar-refractivity contribution in [2.24, 2.45) is 5.73 Å². The second-order valence-corrected chi connectivity index (χ2v) is 14.3. The minimum absolute atomic E-state index is 0.0204. The second kappa shape index (κ2) is 17.7. The standard InChI is InChI=1S/C33H32N4O4S.C10H12/c34-32(40)24-12-13-35-30(19-24)28-20-26(37-14-2-1-3-15-37)10-11-29(28)36-33(41)25-8-4-7-23(16-25)21-42-27-9-5-6-22(17-27)18-31(38)39;1-2-6-10-8-4-3-7-9(10)5-1/h4-13,16-17,19-20H,1-3,14-15,18,21H2,(H2,34,40)(H,36,41)(H,38,39);1-2,5-6H,3-4,7-8H2. The molecule has 1 aliphatic heterocycles. The Morgan fingerprint density at radius 2 is 1.48 bits per heavy atom. The van der Waals surface area contributed by atoms with Crippen LogP contribution >= 0.6 is 11.8 Å². The van der Waals surface area contributed by atoms with Gasteiger partial charge < -0.3 is 21.1 Å².